The van der Waals surface area contributed by atoms with Gasteiger partial charge in [0.1, 0.15) is 5.82 Å². The minimum atomic E-state index is -0.910. The summed E-state index contributed by atoms with van der Waals surface area (Å²) in [6.45, 7) is 7.16. The molecule has 112 valence electrons. The minimum Gasteiger partial charge on any atom is -0.478 e. The van der Waals surface area contributed by atoms with Gasteiger partial charge in [-0.25, -0.2) is 9.78 Å². The van der Waals surface area contributed by atoms with E-state index in [1.807, 2.05) is 6.92 Å². The number of aryl methyl sites for hydroxylation is 1. The number of carboxylic acid groups (broad SMARTS) is 1. The number of carbonyl (C=O) groups is 1. The standard InChI is InChI=1S/C16H26N2O2/c1-12(2)8-6-4-5-7-9-17-15-11-14(16(19)20)10-13(3)18-15/h10-12H,4-9H2,1-3H3,(H,17,18)(H,19,20). The van der Waals surface area contributed by atoms with Crippen LogP contribution in [-0.4, -0.2) is 22.6 Å². The highest BCUT2D eigenvalue weighted by Crippen LogP contribution is 2.12. The maximum atomic E-state index is 11.0. The Morgan fingerprint density at radius 1 is 1.25 bits per heavy atom. The molecule has 2 N–H and O–H groups in total. The van der Waals surface area contributed by atoms with E-state index in [1.165, 1.54) is 25.7 Å². The number of unbranched alkanes of at least 4 members (excludes halogenated alkanes) is 3. The summed E-state index contributed by atoms with van der Waals surface area (Å²) >= 11 is 0. The quantitative estimate of drug-likeness (QED) is 0.667. The zero-order valence-corrected chi connectivity index (χ0v) is 12.8. The third-order valence-electron chi connectivity index (χ3n) is 3.21. The normalized spacial score (nSPS) is 10.8. The van der Waals surface area contributed by atoms with E-state index in [4.69, 9.17) is 5.11 Å². The van der Waals surface area contributed by atoms with Gasteiger partial charge in [0.15, 0.2) is 0 Å². The van der Waals surface area contributed by atoms with Crippen LogP contribution in [0.5, 0.6) is 0 Å². The Morgan fingerprint density at radius 2 is 1.95 bits per heavy atom. The number of aromatic nitrogens is 1. The summed E-state index contributed by atoms with van der Waals surface area (Å²) in [4.78, 5) is 15.3. The predicted molar refractivity (Wildman–Crippen MR) is 82.3 cm³/mol. The van der Waals surface area contributed by atoms with Crippen molar-refractivity contribution in [1.29, 1.82) is 0 Å². The Morgan fingerprint density at radius 3 is 2.60 bits per heavy atom. The minimum absolute atomic E-state index is 0.289. The largest absolute Gasteiger partial charge is 0.478 e. The molecule has 4 nitrogen and oxygen atoms in total. The van der Waals surface area contributed by atoms with Gasteiger partial charge in [-0.2, -0.15) is 0 Å². The third-order valence-corrected chi connectivity index (χ3v) is 3.21. The van der Waals surface area contributed by atoms with E-state index in [0.29, 0.717) is 5.82 Å². The van der Waals surface area contributed by atoms with E-state index < -0.39 is 5.97 Å². The lowest BCUT2D eigenvalue weighted by Crippen LogP contribution is -2.06. The molecule has 1 heterocycles. The number of anilines is 1. The summed E-state index contributed by atoms with van der Waals surface area (Å²) in [6, 6.07) is 3.17. The van der Waals surface area contributed by atoms with Gasteiger partial charge in [-0.1, -0.05) is 39.5 Å². The zero-order chi connectivity index (χ0) is 15.0. The van der Waals surface area contributed by atoms with Crippen molar-refractivity contribution in [2.24, 2.45) is 5.92 Å². The molecule has 20 heavy (non-hydrogen) atoms. The summed E-state index contributed by atoms with van der Waals surface area (Å²) in [5, 5.41) is 12.2. The van der Waals surface area contributed by atoms with Gasteiger partial charge < -0.3 is 10.4 Å². The van der Waals surface area contributed by atoms with Crippen LogP contribution in [0.3, 0.4) is 0 Å². The van der Waals surface area contributed by atoms with Crippen LogP contribution in [0.15, 0.2) is 12.1 Å². The highest BCUT2D eigenvalue weighted by Gasteiger charge is 2.06. The van der Waals surface area contributed by atoms with Gasteiger partial charge in [0, 0.05) is 12.2 Å². The molecule has 0 aromatic carbocycles. The molecule has 0 spiro atoms. The van der Waals surface area contributed by atoms with E-state index in [0.717, 1.165) is 24.6 Å². The Kier molecular flexibility index (Phi) is 7.05. The smallest absolute Gasteiger partial charge is 0.335 e. The Labute approximate surface area is 121 Å². The van der Waals surface area contributed by atoms with Crippen LogP contribution in [0, 0.1) is 12.8 Å². The second-order valence-electron chi connectivity index (χ2n) is 5.71. The molecule has 0 unspecified atom stereocenters. The molecular weight excluding hydrogens is 252 g/mol. The number of carboxylic acids is 1. The topological polar surface area (TPSA) is 62.2 Å². The summed E-state index contributed by atoms with van der Waals surface area (Å²) < 4.78 is 0. The summed E-state index contributed by atoms with van der Waals surface area (Å²) in [5.74, 6) is 0.538. The Bertz CT molecular complexity index is 430. The average Bonchev–Trinajstić information content (AvgIpc) is 2.36. The molecule has 4 heteroatoms. The van der Waals surface area contributed by atoms with Crippen LogP contribution in [0.1, 0.15) is 62.0 Å². The van der Waals surface area contributed by atoms with E-state index in [1.54, 1.807) is 12.1 Å². The molecule has 0 aliphatic heterocycles. The molecule has 1 aromatic rings. The van der Waals surface area contributed by atoms with Crippen LogP contribution in [0.25, 0.3) is 0 Å². The zero-order valence-electron chi connectivity index (χ0n) is 12.8. The number of rotatable bonds is 9. The van der Waals surface area contributed by atoms with E-state index >= 15 is 0 Å². The van der Waals surface area contributed by atoms with Gasteiger partial charge in [-0.3, -0.25) is 0 Å². The van der Waals surface area contributed by atoms with Gasteiger partial charge in [0.2, 0.25) is 0 Å². The summed E-state index contributed by atoms with van der Waals surface area (Å²) in [7, 11) is 0. The number of aromatic carboxylic acids is 1. The van der Waals surface area contributed by atoms with Gasteiger partial charge in [0.25, 0.3) is 0 Å². The van der Waals surface area contributed by atoms with E-state index in [-0.39, 0.29) is 5.56 Å². The predicted octanol–water partition coefficient (Wildman–Crippen LogP) is 4.11. The third kappa shape index (κ3) is 6.55. The second-order valence-corrected chi connectivity index (χ2v) is 5.71. The number of hydrogen-bond donors (Lipinski definition) is 2. The monoisotopic (exact) mass is 278 g/mol. The van der Waals surface area contributed by atoms with Crippen molar-refractivity contribution in [2.45, 2.75) is 52.9 Å². The number of pyridine rings is 1. The van der Waals surface area contributed by atoms with E-state index in [2.05, 4.69) is 24.1 Å². The first-order valence-corrected chi connectivity index (χ1v) is 7.45. The highest BCUT2D eigenvalue weighted by atomic mass is 16.4. The number of nitrogens with zero attached hydrogens (tertiary/aromatic N) is 1. The SMILES string of the molecule is Cc1cc(C(=O)O)cc(NCCCCCCC(C)C)n1. The first-order valence-electron chi connectivity index (χ1n) is 7.45. The lowest BCUT2D eigenvalue weighted by Gasteiger charge is -2.08. The molecule has 0 atom stereocenters. The molecule has 0 aliphatic rings. The molecular formula is C16H26N2O2. The molecule has 1 aromatic heterocycles. The van der Waals surface area contributed by atoms with Crippen molar-refractivity contribution in [3.63, 3.8) is 0 Å². The number of hydrogen-bond acceptors (Lipinski definition) is 3. The van der Waals surface area contributed by atoms with Crippen molar-refractivity contribution in [3.8, 4) is 0 Å². The van der Waals surface area contributed by atoms with Crippen LogP contribution >= 0.6 is 0 Å². The van der Waals surface area contributed by atoms with Crippen LogP contribution in [0.4, 0.5) is 5.82 Å². The van der Waals surface area contributed by atoms with Crippen LogP contribution in [-0.2, 0) is 0 Å². The summed E-state index contributed by atoms with van der Waals surface area (Å²) in [6.07, 6.45) is 6.16. The molecule has 1 rings (SSSR count). The first-order chi connectivity index (χ1) is 9.49. The fraction of sp³-hybridized carbons (Fsp3) is 0.625. The molecule has 0 bridgehead atoms. The maximum Gasteiger partial charge on any atom is 0.335 e. The molecule has 0 amide bonds. The van der Waals surface area contributed by atoms with Crippen LogP contribution < -0.4 is 5.32 Å². The van der Waals surface area contributed by atoms with Gasteiger partial charge in [-0.15, -0.1) is 0 Å². The van der Waals surface area contributed by atoms with Crippen molar-refractivity contribution in [2.75, 3.05) is 11.9 Å². The van der Waals surface area contributed by atoms with Crippen molar-refractivity contribution in [1.82, 2.24) is 4.98 Å². The van der Waals surface area contributed by atoms with E-state index in [9.17, 15) is 4.79 Å². The molecule has 0 fully saturated rings. The Balaban J connectivity index is 2.27. The number of nitrogens with one attached hydrogen (secondary N) is 1. The highest BCUT2D eigenvalue weighted by molar-refractivity contribution is 5.88. The maximum absolute atomic E-state index is 11.0. The van der Waals surface area contributed by atoms with Gasteiger partial charge in [-0.05, 0) is 31.4 Å². The lowest BCUT2D eigenvalue weighted by molar-refractivity contribution is 0.0696. The van der Waals surface area contributed by atoms with Crippen molar-refractivity contribution in [3.05, 3.63) is 23.4 Å². The average molecular weight is 278 g/mol. The first kappa shape index (κ1) is 16.5. The fourth-order valence-corrected chi connectivity index (χ4v) is 2.13. The van der Waals surface area contributed by atoms with Gasteiger partial charge >= 0.3 is 5.97 Å². The fourth-order valence-electron chi connectivity index (χ4n) is 2.13. The second kappa shape index (κ2) is 8.56. The van der Waals surface area contributed by atoms with Crippen molar-refractivity contribution < 1.29 is 9.90 Å². The lowest BCUT2D eigenvalue weighted by atomic mass is 10.0. The van der Waals surface area contributed by atoms with Crippen LogP contribution in [0.2, 0.25) is 0 Å². The summed E-state index contributed by atoms with van der Waals surface area (Å²) in [5.41, 5.74) is 1.02. The molecule has 0 saturated heterocycles. The molecule has 0 radical (unpaired) electrons. The Hall–Kier alpha value is -1.58. The van der Waals surface area contributed by atoms with Gasteiger partial charge in [0.05, 0.1) is 5.56 Å². The molecule has 0 saturated carbocycles. The molecule has 0 aliphatic carbocycles. The van der Waals surface area contributed by atoms with Crippen molar-refractivity contribution >= 4 is 11.8 Å².